The molecule has 5 rings (SSSR count). The van der Waals surface area contributed by atoms with E-state index in [0.29, 0.717) is 0 Å². The number of aromatic nitrogens is 4. The van der Waals surface area contributed by atoms with Crippen LogP contribution in [0.5, 0.6) is 0 Å². The molecule has 0 amide bonds. The van der Waals surface area contributed by atoms with E-state index in [4.69, 9.17) is 0 Å². The zero-order valence-corrected chi connectivity index (χ0v) is 14.1. The number of hydrogen-bond acceptors (Lipinski definition) is 1. The molecule has 0 fully saturated rings. The number of benzene rings is 1. The highest BCUT2D eigenvalue weighted by molar-refractivity contribution is 5.93. The fourth-order valence-corrected chi connectivity index (χ4v) is 3.62. The lowest BCUT2D eigenvalue weighted by Crippen LogP contribution is -2.04. The van der Waals surface area contributed by atoms with Crippen molar-refractivity contribution in [2.75, 3.05) is 0 Å². The van der Waals surface area contributed by atoms with Gasteiger partial charge >= 0.3 is 0 Å². The number of pyridine rings is 1. The van der Waals surface area contributed by atoms with Crippen molar-refractivity contribution in [1.29, 1.82) is 0 Å². The van der Waals surface area contributed by atoms with Crippen molar-refractivity contribution in [3.05, 3.63) is 102 Å². The summed E-state index contributed by atoms with van der Waals surface area (Å²) in [5.74, 6) is 0.165. The lowest BCUT2D eigenvalue weighted by molar-refractivity contribution is 0.898. The van der Waals surface area contributed by atoms with Gasteiger partial charge in [0.15, 0.2) is 0 Å². The number of rotatable bonds is 4. The summed E-state index contributed by atoms with van der Waals surface area (Å²) in [6.45, 7) is 0. The van der Waals surface area contributed by atoms with Gasteiger partial charge in [0, 0.05) is 47.1 Å². The summed E-state index contributed by atoms with van der Waals surface area (Å²) in [6.07, 6.45) is 7.78. The summed E-state index contributed by atoms with van der Waals surface area (Å²) in [5, 5.41) is 1.14. The third-order valence-electron chi connectivity index (χ3n) is 4.87. The van der Waals surface area contributed by atoms with E-state index in [0.717, 1.165) is 11.0 Å². The predicted molar refractivity (Wildman–Crippen MR) is 104 cm³/mol. The maximum absolute atomic E-state index is 4.38. The van der Waals surface area contributed by atoms with Crippen LogP contribution in [0, 0.1) is 0 Å². The molecule has 126 valence electrons. The maximum Gasteiger partial charge on any atom is 0.137 e. The van der Waals surface area contributed by atoms with Crippen LogP contribution in [0.4, 0.5) is 0 Å². The first-order valence-electron chi connectivity index (χ1n) is 8.69. The van der Waals surface area contributed by atoms with E-state index in [-0.39, 0.29) is 5.92 Å². The van der Waals surface area contributed by atoms with Crippen molar-refractivity contribution in [1.82, 2.24) is 19.9 Å². The van der Waals surface area contributed by atoms with Crippen LogP contribution in [0.15, 0.2) is 85.5 Å². The summed E-state index contributed by atoms with van der Waals surface area (Å²) in [6, 6.07) is 21.2. The molecule has 0 aliphatic heterocycles. The van der Waals surface area contributed by atoms with Gasteiger partial charge in [-0.1, -0.05) is 24.3 Å². The van der Waals surface area contributed by atoms with Crippen LogP contribution in [0.2, 0.25) is 0 Å². The molecule has 4 aromatic heterocycles. The van der Waals surface area contributed by atoms with Crippen molar-refractivity contribution in [2.45, 2.75) is 5.92 Å². The van der Waals surface area contributed by atoms with Gasteiger partial charge in [-0.05, 0) is 47.5 Å². The molecule has 0 atom stereocenters. The molecule has 5 aromatic rings. The molecule has 3 N–H and O–H groups in total. The highest BCUT2D eigenvalue weighted by atomic mass is 14.8. The molecule has 4 nitrogen and oxygen atoms in total. The van der Waals surface area contributed by atoms with Crippen LogP contribution < -0.4 is 0 Å². The highest BCUT2D eigenvalue weighted by Gasteiger charge is 2.18. The molecule has 0 unspecified atom stereocenters. The standard InChI is InChI=1S/C22H18N4/c1-4-17-18(14-26-22(17)25-13-1)15-7-9-16(10-8-15)21(19-5-2-11-23-19)20-6-3-12-24-20/h1-14,21,23-24H,(H,25,26). The fraction of sp³-hybridized carbons (Fsp3) is 0.0455. The molecule has 0 bridgehead atoms. The van der Waals surface area contributed by atoms with E-state index in [1.54, 1.807) is 0 Å². The van der Waals surface area contributed by atoms with Crippen LogP contribution in [-0.4, -0.2) is 19.9 Å². The Balaban J connectivity index is 1.56. The topological polar surface area (TPSA) is 60.3 Å². The van der Waals surface area contributed by atoms with E-state index in [2.05, 4.69) is 62.4 Å². The largest absolute Gasteiger partial charge is 0.364 e. The summed E-state index contributed by atoms with van der Waals surface area (Å²) in [4.78, 5) is 14.3. The van der Waals surface area contributed by atoms with Gasteiger partial charge in [0.2, 0.25) is 0 Å². The average Bonchev–Trinajstić information content (AvgIpc) is 3.45. The molecule has 26 heavy (non-hydrogen) atoms. The van der Waals surface area contributed by atoms with Gasteiger partial charge in [-0.2, -0.15) is 0 Å². The predicted octanol–water partition coefficient (Wildman–Crippen LogP) is 5.07. The van der Waals surface area contributed by atoms with Gasteiger partial charge in [-0.15, -0.1) is 0 Å². The molecule has 4 heterocycles. The Hall–Kier alpha value is -3.53. The minimum Gasteiger partial charge on any atom is -0.364 e. The molecule has 0 aliphatic rings. The lowest BCUT2D eigenvalue weighted by Gasteiger charge is -2.16. The summed E-state index contributed by atoms with van der Waals surface area (Å²) >= 11 is 0. The van der Waals surface area contributed by atoms with Crippen molar-refractivity contribution >= 4 is 11.0 Å². The van der Waals surface area contributed by atoms with Crippen LogP contribution >= 0.6 is 0 Å². The Labute approximate surface area is 150 Å². The average molecular weight is 338 g/mol. The second-order valence-corrected chi connectivity index (χ2v) is 6.41. The monoisotopic (exact) mass is 338 g/mol. The highest BCUT2D eigenvalue weighted by Crippen LogP contribution is 2.33. The second kappa shape index (κ2) is 6.08. The van der Waals surface area contributed by atoms with Gasteiger partial charge in [0.05, 0.1) is 5.92 Å². The molecule has 1 aromatic carbocycles. The Morgan fingerprint density at radius 1 is 0.731 bits per heavy atom. The Kier molecular flexibility index (Phi) is 3.46. The summed E-state index contributed by atoms with van der Waals surface area (Å²) in [7, 11) is 0. The van der Waals surface area contributed by atoms with E-state index in [1.165, 1.54) is 28.1 Å². The maximum atomic E-state index is 4.38. The van der Waals surface area contributed by atoms with E-state index in [1.807, 2.05) is 43.0 Å². The van der Waals surface area contributed by atoms with Gasteiger partial charge in [-0.3, -0.25) is 0 Å². The fourth-order valence-electron chi connectivity index (χ4n) is 3.62. The minimum atomic E-state index is 0.165. The Morgan fingerprint density at radius 2 is 1.46 bits per heavy atom. The first-order valence-corrected chi connectivity index (χ1v) is 8.69. The number of H-pyrrole nitrogens is 3. The second-order valence-electron chi connectivity index (χ2n) is 6.41. The van der Waals surface area contributed by atoms with Crippen molar-refractivity contribution in [2.24, 2.45) is 0 Å². The van der Waals surface area contributed by atoms with E-state index >= 15 is 0 Å². The number of fused-ring (bicyclic) bond motifs is 1. The SMILES string of the molecule is c1c[nH]c(C(c2ccc(-c3c[nH]c4ncccc34)cc2)c2ccc[nH]2)c1. The zero-order valence-electron chi connectivity index (χ0n) is 14.1. The molecule has 0 saturated carbocycles. The number of aromatic amines is 3. The molecular weight excluding hydrogens is 320 g/mol. The first-order chi connectivity index (χ1) is 12.9. The molecule has 4 heteroatoms. The summed E-state index contributed by atoms with van der Waals surface area (Å²) in [5.41, 5.74) is 6.88. The summed E-state index contributed by atoms with van der Waals surface area (Å²) < 4.78 is 0. The van der Waals surface area contributed by atoms with Gasteiger partial charge in [0.25, 0.3) is 0 Å². The number of hydrogen-bond donors (Lipinski definition) is 3. The quantitative estimate of drug-likeness (QED) is 0.421. The first kappa shape index (κ1) is 14.8. The molecular formula is C22H18N4. The zero-order chi connectivity index (χ0) is 17.3. The van der Waals surface area contributed by atoms with Crippen molar-refractivity contribution in [3.63, 3.8) is 0 Å². The molecule has 0 saturated heterocycles. The molecule has 0 aliphatic carbocycles. The Morgan fingerprint density at radius 3 is 2.12 bits per heavy atom. The van der Waals surface area contributed by atoms with Gasteiger partial charge in [0.1, 0.15) is 5.65 Å². The normalized spacial score (nSPS) is 11.4. The molecule has 0 radical (unpaired) electrons. The van der Waals surface area contributed by atoms with Crippen LogP contribution in [0.25, 0.3) is 22.2 Å². The Bertz CT molecular complexity index is 1080. The van der Waals surface area contributed by atoms with Crippen LogP contribution in [0.1, 0.15) is 22.9 Å². The number of nitrogens with zero attached hydrogens (tertiary/aromatic N) is 1. The smallest absolute Gasteiger partial charge is 0.137 e. The van der Waals surface area contributed by atoms with E-state index in [9.17, 15) is 0 Å². The number of nitrogens with one attached hydrogen (secondary N) is 3. The lowest BCUT2D eigenvalue weighted by atomic mass is 9.91. The third-order valence-corrected chi connectivity index (χ3v) is 4.87. The minimum absolute atomic E-state index is 0.165. The van der Waals surface area contributed by atoms with Crippen LogP contribution in [0.3, 0.4) is 0 Å². The van der Waals surface area contributed by atoms with Crippen LogP contribution in [-0.2, 0) is 0 Å². The van der Waals surface area contributed by atoms with E-state index < -0.39 is 0 Å². The van der Waals surface area contributed by atoms with Crippen molar-refractivity contribution < 1.29 is 0 Å². The van der Waals surface area contributed by atoms with Crippen molar-refractivity contribution in [3.8, 4) is 11.1 Å². The molecule has 0 spiro atoms. The van der Waals surface area contributed by atoms with Gasteiger partial charge < -0.3 is 15.0 Å². The van der Waals surface area contributed by atoms with Gasteiger partial charge in [-0.25, -0.2) is 4.98 Å². The third kappa shape index (κ3) is 2.43.